The monoisotopic (exact) mass is 259 g/mol. The van der Waals surface area contributed by atoms with Crippen LogP contribution in [-0.4, -0.2) is 38.4 Å². The van der Waals surface area contributed by atoms with Crippen molar-refractivity contribution in [2.45, 2.75) is 12.5 Å². The molecule has 0 saturated carbocycles. The molecule has 0 aliphatic carbocycles. The van der Waals surface area contributed by atoms with Crippen LogP contribution in [0.15, 0.2) is 41.8 Å². The van der Waals surface area contributed by atoms with E-state index in [0.29, 0.717) is 11.3 Å². The molecule has 0 saturated heterocycles. The van der Waals surface area contributed by atoms with E-state index < -0.39 is 12.0 Å². The molecule has 1 heterocycles. The molecule has 0 radical (unpaired) electrons. The average molecular weight is 259 g/mol. The minimum absolute atomic E-state index is 0.0650. The van der Waals surface area contributed by atoms with E-state index >= 15 is 0 Å². The number of rotatable bonds is 5. The number of aliphatic imine (C=N–C) groups is 1. The van der Waals surface area contributed by atoms with E-state index in [9.17, 15) is 9.90 Å². The largest absolute Gasteiger partial charge is 0.507 e. The van der Waals surface area contributed by atoms with E-state index in [1.165, 1.54) is 18.6 Å². The van der Waals surface area contributed by atoms with Crippen LogP contribution in [0.5, 0.6) is 5.75 Å². The second-order valence-electron chi connectivity index (χ2n) is 3.96. The number of carboxylic acid groups (broad SMARTS) is 1. The van der Waals surface area contributed by atoms with Gasteiger partial charge in [-0.05, 0) is 12.1 Å². The van der Waals surface area contributed by atoms with Gasteiger partial charge in [0.15, 0.2) is 6.04 Å². The second kappa shape index (κ2) is 5.81. The zero-order valence-electron chi connectivity index (χ0n) is 10.0. The lowest BCUT2D eigenvalue weighted by atomic mass is 10.1. The van der Waals surface area contributed by atoms with Crippen LogP contribution in [0.2, 0.25) is 0 Å². The highest BCUT2D eigenvalue weighted by Gasteiger charge is 2.17. The number of phenols is 1. The molecule has 2 aromatic rings. The molecule has 2 rings (SSSR count). The van der Waals surface area contributed by atoms with E-state index in [2.05, 4.69) is 15.0 Å². The van der Waals surface area contributed by atoms with Gasteiger partial charge in [0, 0.05) is 24.4 Å². The first-order chi connectivity index (χ1) is 9.16. The highest BCUT2D eigenvalue weighted by atomic mass is 16.4. The number of imidazole rings is 1. The summed E-state index contributed by atoms with van der Waals surface area (Å²) in [6.45, 7) is 0. The summed E-state index contributed by atoms with van der Waals surface area (Å²) in [5.41, 5.74) is 1.11. The third kappa shape index (κ3) is 3.41. The standard InChI is InChI=1S/C13H13N3O3/c17-12-4-2-1-3-9(12)6-15-11(13(18)19)5-10-7-14-8-16-10/h1-4,6-8,11,17H,5H2,(H,14,16)(H,18,19)/t11-/m0/s1. The van der Waals surface area contributed by atoms with Crippen LogP contribution < -0.4 is 0 Å². The number of aromatic nitrogens is 2. The first kappa shape index (κ1) is 12.8. The molecular formula is C13H13N3O3. The number of carboxylic acids is 1. The van der Waals surface area contributed by atoms with Gasteiger partial charge in [-0.25, -0.2) is 9.78 Å². The molecule has 0 unspecified atom stereocenters. The molecule has 0 fully saturated rings. The molecule has 0 bridgehead atoms. The number of aromatic amines is 1. The first-order valence-electron chi connectivity index (χ1n) is 5.68. The Morgan fingerprint density at radius 1 is 1.47 bits per heavy atom. The lowest BCUT2D eigenvalue weighted by Crippen LogP contribution is -2.21. The number of phenolic OH excluding ortho intramolecular Hbond substituents is 1. The molecule has 0 amide bonds. The van der Waals surface area contributed by atoms with E-state index in [1.54, 1.807) is 24.4 Å². The third-order valence-electron chi connectivity index (χ3n) is 2.57. The van der Waals surface area contributed by atoms with Crippen molar-refractivity contribution in [2.24, 2.45) is 4.99 Å². The van der Waals surface area contributed by atoms with Crippen molar-refractivity contribution < 1.29 is 15.0 Å². The minimum Gasteiger partial charge on any atom is -0.507 e. The van der Waals surface area contributed by atoms with Gasteiger partial charge >= 0.3 is 5.97 Å². The van der Waals surface area contributed by atoms with E-state index in [1.807, 2.05) is 0 Å². The SMILES string of the molecule is O=C(O)[C@H](Cc1c[nH]cn1)N=Cc1ccccc1O. The summed E-state index contributed by atoms with van der Waals surface area (Å²) in [5.74, 6) is -0.968. The number of aliphatic carboxylic acids is 1. The van der Waals surface area contributed by atoms with Crippen molar-refractivity contribution in [3.8, 4) is 5.75 Å². The Kier molecular flexibility index (Phi) is 3.92. The quantitative estimate of drug-likeness (QED) is 0.703. The lowest BCUT2D eigenvalue weighted by molar-refractivity contribution is -0.138. The van der Waals surface area contributed by atoms with Crippen molar-refractivity contribution >= 4 is 12.2 Å². The maximum Gasteiger partial charge on any atom is 0.328 e. The number of hydrogen-bond acceptors (Lipinski definition) is 4. The number of H-pyrrole nitrogens is 1. The number of hydrogen-bond donors (Lipinski definition) is 3. The number of nitrogens with one attached hydrogen (secondary N) is 1. The van der Waals surface area contributed by atoms with Crippen LogP contribution in [-0.2, 0) is 11.2 Å². The van der Waals surface area contributed by atoms with Crippen molar-refractivity contribution in [3.05, 3.63) is 48.0 Å². The number of benzene rings is 1. The Balaban J connectivity index is 2.13. The fraction of sp³-hybridized carbons (Fsp3) is 0.154. The zero-order valence-corrected chi connectivity index (χ0v) is 10.0. The van der Waals surface area contributed by atoms with Crippen LogP contribution in [0, 0.1) is 0 Å². The van der Waals surface area contributed by atoms with Gasteiger partial charge in [-0.2, -0.15) is 0 Å². The summed E-state index contributed by atoms with van der Waals surface area (Å²) in [7, 11) is 0. The topological polar surface area (TPSA) is 98.6 Å². The summed E-state index contributed by atoms with van der Waals surface area (Å²) in [6.07, 6.45) is 4.68. The summed E-state index contributed by atoms with van der Waals surface area (Å²) in [4.78, 5) is 21.8. The van der Waals surface area contributed by atoms with E-state index in [-0.39, 0.29) is 12.2 Å². The molecule has 0 aliphatic heterocycles. The molecule has 3 N–H and O–H groups in total. The van der Waals surface area contributed by atoms with Gasteiger partial charge in [0.25, 0.3) is 0 Å². The Morgan fingerprint density at radius 3 is 2.89 bits per heavy atom. The van der Waals surface area contributed by atoms with Crippen molar-refractivity contribution in [3.63, 3.8) is 0 Å². The number of carbonyl (C=O) groups is 1. The Labute approximate surface area is 109 Å². The lowest BCUT2D eigenvalue weighted by Gasteiger charge is -2.05. The second-order valence-corrected chi connectivity index (χ2v) is 3.96. The molecule has 0 aliphatic rings. The van der Waals surface area contributed by atoms with Gasteiger partial charge in [0.05, 0.1) is 12.0 Å². The van der Waals surface area contributed by atoms with E-state index in [4.69, 9.17) is 5.11 Å². The highest BCUT2D eigenvalue weighted by molar-refractivity contribution is 5.86. The van der Waals surface area contributed by atoms with Crippen LogP contribution in [0.25, 0.3) is 0 Å². The van der Waals surface area contributed by atoms with E-state index in [0.717, 1.165) is 0 Å². The van der Waals surface area contributed by atoms with Crippen molar-refractivity contribution in [1.29, 1.82) is 0 Å². The average Bonchev–Trinajstić information content (AvgIpc) is 2.88. The van der Waals surface area contributed by atoms with Crippen LogP contribution >= 0.6 is 0 Å². The molecule has 1 aromatic carbocycles. The van der Waals surface area contributed by atoms with Gasteiger partial charge in [-0.3, -0.25) is 4.99 Å². The Bertz CT molecular complexity index is 579. The summed E-state index contributed by atoms with van der Waals surface area (Å²) in [6, 6.07) is 5.68. The van der Waals surface area contributed by atoms with Crippen LogP contribution in [0.4, 0.5) is 0 Å². The fourth-order valence-corrected chi connectivity index (χ4v) is 1.57. The highest BCUT2D eigenvalue weighted by Crippen LogP contribution is 2.13. The Morgan fingerprint density at radius 2 is 2.26 bits per heavy atom. The van der Waals surface area contributed by atoms with Crippen LogP contribution in [0.1, 0.15) is 11.3 Å². The molecule has 0 spiro atoms. The maximum absolute atomic E-state index is 11.1. The smallest absolute Gasteiger partial charge is 0.328 e. The van der Waals surface area contributed by atoms with Gasteiger partial charge in [-0.15, -0.1) is 0 Å². The fourth-order valence-electron chi connectivity index (χ4n) is 1.57. The molecule has 1 atom stereocenters. The minimum atomic E-state index is -1.03. The van der Waals surface area contributed by atoms with Gasteiger partial charge in [0.2, 0.25) is 0 Å². The first-order valence-corrected chi connectivity index (χ1v) is 5.68. The predicted molar refractivity (Wildman–Crippen MR) is 69.4 cm³/mol. The normalized spacial score (nSPS) is 12.6. The van der Waals surface area contributed by atoms with Crippen LogP contribution in [0.3, 0.4) is 0 Å². The predicted octanol–water partition coefficient (Wildman–Crippen LogP) is 1.23. The maximum atomic E-state index is 11.1. The Hall–Kier alpha value is -2.63. The molecule has 98 valence electrons. The summed E-state index contributed by atoms with van der Waals surface area (Å²) in [5, 5.41) is 18.7. The number of nitrogens with zero attached hydrogens (tertiary/aromatic N) is 2. The molecule has 6 heteroatoms. The van der Waals surface area contributed by atoms with Crippen molar-refractivity contribution in [2.75, 3.05) is 0 Å². The molecular weight excluding hydrogens is 246 g/mol. The molecule has 6 nitrogen and oxygen atoms in total. The summed E-state index contributed by atoms with van der Waals surface area (Å²) < 4.78 is 0. The van der Waals surface area contributed by atoms with Gasteiger partial charge in [0.1, 0.15) is 5.75 Å². The number of para-hydroxylation sites is 1. The molecule has 19 heavy (non-hydrogen) atoms. The number of aromatic hydroxyl groups is 1. The molecule has 1 aromatic heterocycles. The zero-order chi connectivity index (χ0) is 13.7. The van der Waals surface area contributed by atoms with Gasteiger partial charge in [-0.1, -0.05) is 12.1 Å². The van der Waals surface area contributed by atoms with Gasteiger partial charge < -0.3 is 15.2 Å². The summed E-state index contributed by atoms with van der Waals surface area (Å²) >= 11 is 0. The van der Waals surface area contributed by atoms with Crippen molar-refractivity contribution in [1.82, 2.24) is 9.97 Å². The third-order valence-corrected chi connectivity index (χ3v) is 2.57.